The van der Waals surface area contributed by atoms with Gasteiger partial charge < -0.3 is 9.63 Å². The molecule has 1 amide bonds. The number of nitrogens with zero attached hydrogens (tertiary/aromatic N) is 2. The van der Waals surface area contributed by atoms with Crippen LogP contribution in [0.3, 0.4) is 0 Å². The Labute approximate surface area is 105 Å². The third kappa shape index (κ3) is 2.72. The monoisotopic (exact) mass is 267 g/mol. The van der Waals surface area contributed by atoms with Crippen molar-refractivity contribution in [3.05, 3.63) is 28.6 Å². The minimum Gasteiger partial charge on any atom is -0.481 e. The van der Waals surface area contributed by atoms with Gasteiger partial charge >= 0.3 is 5.97 Å². The average Bonchev–Trinajstić information content (AvgIpc) is 2.87. The molecule has 2 N–H and O–H groups in total. The van der Waals surface area contributed by atoms with Gasteiger partial charge in [0.05, 0.1) is 18.3 Å². The van der Waals surface area contributed by atoms with Crippen LogP contribution < -0.4 is 5.32 Å². The summed E-state index contributed by atoms with van der Waals surface area (Å²) in [5.74, 6) is -1.31. The van der Waals surface area contributed by atoms with E-state index in [1.165, 1.54) is 6.20 Å². The highest BCUT2D eigenvalue weighted by atomic mass is 32.1. The number of carbonyl (C=O) groups excluding carboxylic acids is 1. The Morgan fingerprint density at radius 1 is 1.56 bits per heavy atom. The van der Waals surface area contributed by atoms with Crippen molar-refractivity contribution in [1.82, 2.24) is 10.1 Å². The Balaban J connectivity index is 2.06. The molecule has 2 aromatic rings. The molecule has 94 valence electrons. The quantitative estimate of drug-likeness (QED) is 0.865. The van der Waals surface area contributed by atoms with Crippen LogP contribution in [0.25, 0.3) is 0 Å². The van der Waals surface area contributed by atoms with Gasteiger partial charge in [-0.2, -0.15) is 0 Å². The summed E-state index contributed by atoms with van der Waals surface area (Å²) in [4.78, 5) is 26.2. The smallest absolute Gasteiger partial charge is 0.309 e. The van der Waals surface area contributed by atoms with E-state index >= 15 is 0 Å². The highest BCUT2D eigenvalue weighted by Crippen LogP contribution is 2.17. The number of anilines is 1. The Morgan fingerprint density at radius 2 is 2.33 bits per heavy atom. The molecule has 2 rings (SSSR count). The summed E-state index contributed by atoms with van der Waals surface area (Å²) in [7, 11) is 0. The fourth-order valence-corrected chi connectivity index (χ4v) is 1.97. The molecule has 7 nitrogen and oxygen atoms in total. The summed E-state index contributed by atoms with van der Waals surface area (Å²) in [6, 6.07) is 0. The van der Waals surface area contributed by atoms with Crippen LogP contribution in [0.5, 0.6) is 0 Å². The minimum absolute atomic E-state index is 0.116. The largest absolute Gasteiger partial charge is 0.481 e. The lowest BCUT2D eigenvalue weighted by molar-refractivity contribution is -0.136. The van der Waals surface area contributed by atoms with E-state index in [0.29, 0.717) is 16.4 Å². The predicted octanol–water partition coefficient (Wildman–Crippen LogP) is 1.32. The second kappa shape index (κ2) is 4.96. The SMILES string of the molecule is Cc1cnoc1C(=O)Nc1nc(CC(=O)O)cs1. The van der Waals surface area contributed by atoms with E-state index < -0.39 is 11.9 Å². The van der Waals surface area contributed by atoms with Gasteiger partial charge in [0.1, 0.15) is 0 Å². The molecule has 0 spiro atoms. The highest BCUT2D eigenvalue weighted by molar-refractivity contribution is 7.14. The fourth-order valence-electron chi connectivity index (χ4n) is 1.26. The van der Waals surface area contributed by atoms with Gasteiger partial charge in [0.2, 0.25) is 5.76 Å². The maximum Gasteiger partial charge on any atom is 0.309 e. The first kappa shape index (κ1) is 12.2. The Hall–Kier alpha value is -2.22. The number of aliphatic carboxylic acids is 1. The summed E-state index contributed by atoms with van der Waals surface area (Å²) in [5, 5.41) is 16.5. The van der Waals surface area contributed by atoms with E-state index in [2.05, 4.69) is 15.5 Å². The summed E-state index contributed by atoms with van der Waals surface area (Å²) < 4.78 is 4.79. The molecule has 2 aromatic heterocycles. The lowest BCUT2D eigenvalue weighted by Crippen LogP contribution is -2.12. The molecular formula is C10H9N3O4S. The number of carboxylic acid groups (broad SMARTS) is 1. The van der Waals surface area contributed by atoms with Crippen molar-refractivity contribution in [2.45, 2.75) is 13.3 Å². The molecule has 0 fully saturated rings. The number of thiazole rings is 1. The van der Waals surface area contributed by atoms with E-state index in [1.54, 1.807) is 12.3 Å². The molecule has 18 heavy (non-hydrogen) atoms. The zero-order valence-electron chi connectivity index (χ0n) is 9.34. The van der Waals surface area contributed by atoms with Crippen molar-refractivity contribution >= 4 is 28.3 Å². The topological polar surface area (TPSA) is 105 Å². The molecule has 0 aliphatic rings. The number of nitrogens with one attached hydrogen (secondary N) is 1. The standard InChI is InChI=1S/C10H9N3O4S/c1-5-3-11-17-8(5)9(16)13-10-12-6(4-18-10)2-7(14)15/h3-4H,2H2,1H3,(H,14,15)(H,12,13,16). The number of rotatable bonds is 4. The third-order valence-corrected chi connectivity index (χ3v) is 2.87. The first-order valence-electron chi connectivity index (χ1n) is 4.95. The number of hydrogen-bond donors (Lipinski definition) is 2. The van der Waals surface area contributed by atoms with Gasteiger partial charge in [-0.1, -0.05) is 5.16 Å². The number of aryl methyl sites for hydroxylation is 1. The first-order chi connectivity index (χ1) is 8.56. The van der Waals surface area contributed by atoms with Gasteiger partial charge in [-0.15, -0.1) is 11.3 Å². The second-order valence-electron chi connectivity index (χ2n) is 3.51. The highest BCUT2D eigenvalue weighted by Gasteiger charge is 2.16. The van der Waals surface area contributed by atoms with Crippen molar-refractivity contribution in [2.24, 2.45) is 0 Å². The summed E-state index contributed by atoms with van der Waals surface area (Å²) in [6.45, 7) is 1.70. The molecule has 0 bridgehead atoms. The van der Waals surface area contributed by atoms with Crippen molar-refractivity contribution in [1.29, 1.82) is 0 Å². The number of carbonyl (C=O) groups is 2. The van der Waals surface area contributed by atoms with Crippen LogP contribution in [0, 0.1) is 6.92 Å². The molecule has 0 aromatic carbocycles. The van der Waals surface area contributed by atoms with Crippen LogP contribution in [-0.4, -0.2) is 27.1 Å². The Bertz CT molecular complexity index is 589. The zero-order chi connectivity index (χ0) is 13.1. The summed E-state index contributed by atoms with van der Waals surface area (Å²) in [6.07, 6.45) is 1.26. The minimum atomic E-state index is -0.968. The molecule has 0 atom stereocenters. The number of amides is 1. The summed E-state index contributed by atoms with van der Waals surface area (Å²) in [5.41, 5.74) is 1.02. The van der Waals surface area contributed by atoms with Crippen LogP contribution >= 0.6 is 11.3 Å². The normalized spacial score (nSPS) is 10.3. The van der Waals surface area contributed by atoms with Gasteiger partial charge in [0.25, 0.3) is 5.91 Å². The van der Waals surface area contributed by atoms with Crippen LogP contribution in [0.1, 0.15) is 21.8 Å². The van der Waals surface area contributed by atoms with E-state index in [9.17, 15) is 9.59 Å². The molecule has 0 saturated heterocycles. The fraction of sp³-hybridized carbons (Fsp3) is 0.200. The van der Waals surface area contributed by atoms with Gasteiger partial charge in [-0.3, -0.25) is 14.9 Å². The lowest BCUT2D eigenvalue weighted by Gasteiger charge is -1.97. The zero-order valence-corrected chi connectivity index (χ0v) is 10.2. The van der Waals surface area contributed by atoms with Crippen LogP contribution in [0.4, 0.5) is 5.13 Å². The molecule has 0 saturated carbocycles. The van der Waals surface area contributed by atoms with Gasteiger partial charge in [0.15, 0.2) is 5.13 Å². The average molecular weight is 267 g/mol. The van der Waals surface area contributed by atoms with Crippen molar-refractivity contribution in [3.63, 3.8) is 0 Å². The molecule has 0 aliphatic heterocycles. The third-order valence-electron chi connectivity index (χ3n) is 2.06. The Kier molecular flexibility index (Phi) is 3.38. The lowest BCUT2D eigenvalue weighted by atomic mass is 10.3. The van der Waals surface area contributed by atoms with Crippen LogP contribution in [-0.2, 0) is 11.2 Å². The number of carboxylic acids is 1. The molecule has 0 unspecified atom stereocenters. The van der Waals surface area contributed by atoms with E-state index in [-0.39, 0.29) is 12.2 Å². The maximum absolute atomic E-state index is 11.7. The predicted molar refractivity (Wildman–Crippen MR) is 62.6 cm³/mol. The van der Waals surface area contributed by atoms with E-state index in [0.717, 1.165) is 11.3 Å². The van der Waals surface area contributed by atoms with Gasteiger partial charge in [-0.25, -0.2) is 4.98 Å². The van der Waals surface area contributed by atoms with Crippen molar-refractivity contribution in [3.8, 4) is 0 Å². The maximum atomic E-state index is 11.7. The first-order valence-corrected chi connectivity index (χ1v) is 5.83. The van der Waals surface area contributed by atoms with Crippen LogP contribution in [0.2, 0.25) is 0 Å². The molecular weight excluding hydrogens is 258 g/mol. The Morgan fingerprint density at radius 3 is 2.94 bits per heavy atom. The van der Waals surface area contributed by atoms with E-state index in [4.69, 9.17) is 9.63 Å². The van der Waals surface area contributed by atoms with E-state index in [1.807, 2.05) is 0 Å². The van der Waals surface area contributed by atoms with Gasteiger partial charge in [0, 0.05) is 10.9 Å². The van der Waals surface area contributed by atoms with Crippen molar-refractivity contribution < 1.29 is 19.2 Å². The molecule has 0 radical (unpaired) electrons. The number of hydrogen-bond acceptors (Lipinski definition) is 6. The number of aromatic nitrogens is 2. The second-order valence-corrected chi connectivity index (χ2v) is 4.36. The van der Waals surface area contributed by atoms with Crippen LogP contribution in [0.15, 0.2) is 16.1 Å². The summed E-state index contributed by atoms with van der Waals surface area (Å²) >= 11 is 1.15. The van der Waals surface area contributed by atoms with Gasteiger partial charge in [-0.05, 0) is 6.92 Å². The molecule has 2 heterocycles. The molecule has 0 aliphatic carbocycles. The molecule has 8 heteroatoms. The van der Waals surface area contributed by atoms with Crippen molar-refractivity contribution in [2.75, 3.05) is 5.32 Å².